The summed E-state index contributed by atoms with van der Waals surface area (Å²) in [5, 5.41) is 0. The second-order valence-corrected chi connectivity index (χ2v) is 3.13. The van der Waals surface area contributed by atoms with Crippen LogP contribution in [-0.2, 0) is 4.79 Å². The molecule has 0 aliphatic rings. The second-order valence-electron chi connectivity index (χ2n) is 3.13. The fourth-order valence-electron chi connectivity index (χ4n) is 1.07. The first kappa shape index (κ1) is 9.63. The Balaban J connectivity index is 3.61. The van der Waals surface area contributed by atoms with Crippen LogP contribution in [0.25, 0.3) is 0 Å². The Hall–Kier alpha value is -0.370. The maximum atomic E-state index is 11.0. The third kappa shape index (κ3) is 3.62. The lowest BCUT2D eigenvalue weighted by Gasteiger charge is -2.11. The lowest BCUT2D eigenvalue weighted by atomic mass is 10.0. The van der Waals surface area contributed by atoms with E-state index < -0.39 is 0 Å². The van der Waals surface area contributed by atoms with Gasteiger partial charge < -0.3 is 4.90 Å². The van der Waals surface area contributed by atoms with Gasteiger partial charge in [-0.05, 0) is 0 Å². The van der Waals surface area contributed by atoms with Crippen LogP contribution in [0.15, 0.2) is 0 Å². The van der Waals surface area contributed by atoms with Crippen LogP contribution in [0.3, 0.4) is 0 Å². The Labute approximate surface area is 63.2 Å². The molecular weight excluding hydrogens is 126 g/mol. The molecule has 0 aromatic carbocycles. The Morgan fingerprint density at radius 3 is 2.30 bits per heavy atom. The van der Waals surface area contributed by atoms with E-state index in [9.17, 15) is 4.79 Å². The van der Waals surface area contributed by atoms with E-state index in [1.54, 1.807) is 0 Å². The number of ketones is 1. The highest BCUT2D eigenvalue weighted by molar-refractivity contribution is 5.80. The molecule has 0 saturated heterocycles. The number of rotatable bonds is 4. The molecule has 60 valence electrons. The summed E-state index contributed by atoms with van der Waals surface area (Å²) in [5.74, 6) is 0.608. The molecule has 10 heavy (non-hydrogen) atoms. The fraction of sp³-hybridized carbons (Fsp3) is 0.875. The maximum Gasteiger partial charge on any atom is 0.141 e. The number of nitrogens with one attached hydrogen (secondary N) is 1. The molecule has 0 fully saturated rings. The van der Waals surface area contributed by atoms with Gasteiger partial charge in [-0.15, -0.1) is 0 Å². The molecule has 0 amide bonds. The first-order valence-electron chi connectivity index (χ1n) is 3.89. The summed E-state index contributed by atoms with van der Waals surface area (Å²) in [6, 6.07) is 0. The summed E-state index contributed by atoms with van der Waals surface area (Å²) in [4.78, 5) is 12.4. The predicted octanol–water partition coefficient (Wildman–Crippen LogP) is -0.254. The maximum absolute atomic E-state index is 11.0. The highest BCUT2D eigenvalue weighted by Gasteiger charge is 2.12. The minimum atomic E-state index is 0.231. The van der Waals surface area contributed by atoms with Crippen molar-refractivity contribution in [2.75, 3.05) is 20.6 Å². The van der Waals surface area contributed by atoms with Crippen LogP contribution in [0.5, 0.6) is 0 Å². The highest BCUT2D eigenvalue weighted by atomic mass is 16.1. The van der Waals surface area contributed by atoms with Crippen molar-refractivity contribution in [2.24, 2.45) is 5.92 Å². The molecule has 0 aliphatic carbocycles. The SMILES string of the molecule is CCC(=O)[C@H](C)C[NH+](C)C. The smallest absolute Gasteiger partial charge is 0.141 e. The van der Waals surface area contributed by atoms with Gasteiger partial charge in [0.1, 0.15) is 5.78 Å². The van der Waals surface area contributed by atoms with Gasteiger partial charge in [-0.25, -0.2) is 0 Å². The highest BCUT2D eigenvalue weighted by Crippen LogP contribution is 1.95. The number of carbonyl (C=O) groups is 1. The van der Waals surface area contributed by atoms with Crippen LogP contribution in [0.4, 0.5) is 0 Å². The molecule has 0 aromatic rings. The average molecular weight is 144 g/mol. The van der Waals surface area contributed by atoms with Gasteiger partial charge in [0, 0.05) is 6.42 Å². The van der Waals surface area contributed by atoms with Crippen molar-refractivity contribution in [1.82, 2.24) is 0 Å². The van der Waals surface area contributed by atoms with Crippen molar-refractivity contribution in [3.63, 3.8) is 0 Å². The topological polar surface area (TPSA) is 21.5 Å². The molecule has 1 N–H and O–H groups in total. The molecule has 2 nitrogen and oxygen atoms in total. The van der Waals surface area contributed by atoms with Gasteiger partial charge in [-0.1, -0.05) is 13.8 Å². The zero-order valence-electron chi connectivity index (χ0n) is 7.40. The summed E-state index contributed by atoms with van der Waals surface area (Å²) < 4.78 is 0. The van der Waals surface area contributed by atoms with Gasteiger partial charge in [-0.2, -0.15) is 0 Å². The van der Waals surface area contributed by atoms with Crippen LogP contribution in [0, 0.1) is 5.92 Å². The summed E-state index contributed by atoms with van der Waals surface area (Å²) in [5.41, 5.74) is 0. The Bertz CT molecular complexity index is 110. The van der Waals surface area contributed by atoms with Gasteiger partial charge in [0.25, 0.3) is 0 Å². The van der Waals surface area contributed by atoms with Crippen molar-refractivity contribution in [3.8, 4) is 0 Å². The van der Waals surface area contributed by atoms with Crippen LogP contribution >= 0.6 is 0 Å². The monoisotopic (exact) mass is 144 g/mol. The van der Waals surface area contributed by atoms with Gasteiger partial charge in [-0.3, -0.25) is 4.79 Å². The molecule has 0 bridgehead atoms. The van der Waals surface area contributed by atoms with Gasteiger partial charge in [0.2, 0.25) is 0 Å². The van der Waals surface area contributed by atoms with Crippen molar-refractivity contribution >= 4 is 5.78 Å². The zero-order chi connectivity index (χ0) is 8.15. The number of hydrogen-bond acceptors (Lipinski definition) is 1. The van der Waals surface area contributed by atoms with Crippen LogP contribution in [0.2, 0.25) is 0 Å². The second kappa shape index (κ2) is 4.45. The fourth-order valence-corrected chi connectivity index (χ4v) is 1.07. The summed E-state index contributed by atoms with van der Waals surface area (Å²) in [6.07, 6.45) is 0.675. The van der Waals surface area contributed by atoms with E-state index in [1.165, 1.54) is 4.90 Å². The van der Waals surface area contributed by atoms with E-state index in [0.29, 0.717) is 12.2 Å². The van der Waals surface area contributed by atoms with Crippen molar-refractivity contribution in [2.45, 2.75) is 20.3 Å². The molecule has 2 heteroatoms. The Kier molecular flexibility index (Phi) is 4.28. The lowest BCUT2D eigenvalue weighted by Crippen LogP contribution is -3.06. The summed E-state index contributed by atoms with van der Waals surface area (Å²) in [6.45, 7) is 4.87. The lowest BCUT2D eigenvalue weighted by molar-refractivity contribution is -0.860. The molecule has 0 saturated carbocycles. The largest absolute Gasteiger partial charge is 0.339 e. The molecule has 0 unspecified atom stereocenters. The molecule has 0 spiro atoms. The van der Waals surface area contributed by atoms with Crippen molar-refractivity contribution in [3.05, 3.63) is 0 Å². The van der Waals surface area contributed by atoms with E-state index in [2.05, 4.69) is 14.1 Å². The number of quaternary nitrogens is 1. The zero-order valence-corrected chi connectivity index (χ0v) is 7.40. The minimum absolute atomic E-state index is 0.231. The van der Waals surface area contributed by atoms with Crippen LogP contribution in [-0.4, -0.2) is 26.4 Å². The first-order chi connectivity index (χ1) is 4.57. The summed E-state index contributed by atoms with van der Waals surface area (Å²) in [7, 11) is 4.14. The van der Waals surface area contributed by atoms with E-state index in [1.807, 2.05) is 13.8 Å². The van der Waals surface area contributed by atoms with E-state index >= 15 is 0 Å². The molecule has 0 rings (SSSR count). The summed E-state index contributed by atoms with van der Waals surface area (Å²) >= 11 is 0. The predicted molar refractivity (Wildman–Crippen MR) is 42.1 cm³/mol. The quantitative estimate of drug-likeness (QED) is 0.577. The molecular formula is C8H18NO+. The first-order valence-corrected chi connectivity index (χ1v) is 3.89. The number of Topliss-reactive ketones (excluding diaryl/α,β-unsaturated/α-hetero) is 1. The van der Waals surface area contributed by atoms with Gasteiger partial charge >= 0.3 is 0 Å². The van der Waals surface area contributed by atoms with Gasteiger partial charge in [0.15, 0.2) is 0 Å². The van der Waals surface area contributed by atoms with Crippen LogP contribution in [0.1, 0.15) is 20.3 Å². The van der Waals surface area contributed by atoms with E-state index in [4.69, 9.17) is 0 Å². The van der Waals surface area contributed by atoms with Gasteiger partial charge in [0.05, 0.1) is 26.6 Å². The van der Waals surface area contributed by atoms with E-state index in [0.717, 1.165) is 6.54 Å². The molecule has 0 radical (unpaired) electrons. The molecule has 0 heterocycles. The van der Waals surface area contributed by atoms with Crippen molar-refractivity contribution < 1.29 is 9.69 Å². The third-order valence-electron chi connectivity index (χ3n) is 1.61. The van der Waals surface area contributed by atoms with E-state index in [-0.39, 0.29) is 5.92 Å². The number of carbonyl (C=O) groups excluding carboxylic acids is 1. The molecule has 1 atom stereocenters. The Morgan fingerprint density at radius 2 is 2.00 bits per heavy atom. The van der Waals surface area contributed by atoms with Crippen LogP contribution < -0.4 is 4.90 Å². The molecule has 0 aliphatic heterocycles. The normalized spacial score (nSPS) is 13.7. The third-order valence-corrected chi connectivity index (χ3v) is 1.61. The van der Waals surface area contributed by atoms with Crippen molar-refractivity contribution in [1.29, 1.82) is 0 Å². The standard InChI is InChI=1S/C8H17NO/c1-5-8(10)7(2)6-9(3)4/h7H,5-6H2,1-4H3/p+1/t7-/m1/s1. The minimum Gasteiger partial charge on any atom is -0.339 e. The number of hydrogen-bond donors (Lipinski definition) is 1. The average Bonchev–Trinajstić information content (AvgIpc) is 1.85. The Morgan fingerprint density at radius 1 is 1.50 bits per heavy atom. The molecule has 0 aromatic heterocycles.